The van der Waals surface area contributed by atoms with Crippen LogP contribution in [0.15, 0.2) is 20.8 Å². The minimum absolute atomic E-state index is 0.0132. The number of fused-ring (bicyclic) bond motifs is 1. The summed E-state index contributed by atoms with van der Waals surface area (Å²) in [5, 5.41) is 23.3. The maximum atomic E-state index is 12.3. The highest BCUT2D eigenvalue weighted by Gasteiger charge is 2.29. The van der Waals surface area contributed by atoms with Gasteiger partial charge in [-0.1, -0.05) is 5.16 Å². The van der Waals surface area contributed by atoms with Gasteiger partial charge in [-0.05, 0) is 32.6 Å². The smallest absolute Gasteiger partial charge is 0.328 e. The van der Waals surface area contributed by atoms with Gasteiger partial charge in [0, 0.05) is 25.7 Å². The van der Waals surface area contributed by atoms with E-state index in [9.17, 15) is 19.5 Å². The number of aliphatic carboxylic acids is 1. The molecular weight excluding hydrogens is 352 g/mol. The zero-order valence-corrected chi connectivity index (χ0v) is 15.2. The number of carboxylic acid groups (broad SMARTS) is 1. The van der Waals surface area contributed by atoms with Crippen LogP contribution in [0.2, 0.25) is 0 Å². The first kappa shape index (κ1) is 19.0. The third-order valence-electron chi connectivity index (χ3n) is 4.90. The fourth-order valence-electron chi connectivity index (χ4n) is 3.49. The lowest BCUT2D eigenvalue weighted by molar-refractivity contribution is -0.138. The maximum absolute atomic E-state index is 12.3. The van der Waals surface area contributed by atoms with Crippen molar-refractivity contribution in [2.45, 2.75) is 64.3 Å². The number of ketones is 2. The fraction of sp³-hybridized carbons (Fsp3) is 0.526. The second-order valence-electron chi connectivity index (χ2n) is 6.89. The third kappa shape index (κ3) is 3.99. The van der Waals surface area contributed by atoms with Crippen molar-refractivity contribution in [2.24, 2.45) is 4.99 Å². The first-order chi connectivity index (χ1) is 12.9. The van der Waals surface area contributed by atoms with Crippen LogP contribution >= 0.6 is 0 Å². The predicted molar refractivity (Wildman–Crippen MR) is 95.1 cm³/mol. The minimum Gasteiger partial charge on any atom is -0.511 e. The van der Waals surface area contributed by atoms with Crippen molar-refractivity contribution in [3.8, 4) is 0 Å². The van der Waals surface area contributed by atoms with Crippen LogP contribution in [-0.2, 0) is 22.4 Å². The Morgan fingerprint density at radius 1 is 1.19 bits per heavy atom. The quantitative estimate of drug-likeness (QED) is 0.732. The molecule has 3 rings (SSSR count). The van der Waals surface area contributed by atoms with Gasteiger partial charge in [-0.3, -0.25) is 14.6 Å². The van der Waals surface area contributed by atoms with Crippen LogP contribution in [0.4, 0.5) is 0 Å². The van der Waals surface area contributed by atoms with Crippen LogP contribution in [-0.4, -0.2) is 44.7 Å². The lowest BCUT2D eigenvalue weighted by atomic mass is 9.89. The third-order valence-corrected chi connectivity index (χ3v) is 4.90. The Labute approximate surface area is 156 Å². The SMILES string of the molecule is CC(N=C(CCc1noc2c1C(=O)CCC2)C1=C(O)CCCC1=O)C(=O)O. The zero-order valence-electron chi connectivity index (χ0n) is 15.2. The van der Waals surface area contributed by atoms with Crippen LogP contribution in [0, 0.1) is 0 Å². The number of Topliss-reactive ketones (excluding diaryl/α,β-unsaturated/α-hetero) is 2. The standard InChI is InChI=1S/C19H22N2O6/c1-10(19(25)26)20-11(17-13(22)4-2-5-14(17)23)8-9-12-18-15(24)6-3-7-16(18)27-21-12/h10,22H,2-9H2,1H3,(H,25,26). The molecule has 1 unspecified atom stereocenters. The molecule has 1 heterocycles. The Morgan fingerprint density at radius 2 is 1.89 bits per heavy atom. The summed E-state index contributed by atoms with van der Waals surface area (Å²) in [6, 6.07) is -1.05. The van der Waals surface area contributed by atoms with Gasteiger partial charge in [0.15, 0.2) is 11.6 Å². The van der Waals surface area contributed by atoms with E-state index in [1.165, 1.54) is 6.92 Å². The summed E-state index contributed by atoms with van der Waals surface area (Å²) < 4.78 is 5.26. The summed E-state index contributed by atoms with van der Waals surface area (Å²) in [5.41, 5.74) is 1.35. The highest BCUT2D eigenvalue weighted by Crippen LogP contribution is 2.27. The lowest BCUT2D eigenvalue weighted by Gasteiger charge is -2.18. The van der Waals surface area contributed by atoms with E-state index in [0.29, 0.717) is 42.7 Å². The summed E-state index contributed by atoms with van der Waals surface area (Å²) in [5.74, 6) is -0.853. The lowest BCUT2D eigenvalue weighted by Crippen LogP contribution is -2.24. The van der Waals surface area contributed by atoms with E-state index >= 15 is 0 Å². The normalized spacial score (nSPS) is 19.2. The summed E-state index contributed by atoms with van der Waals surface area (Å²) in [7, 11) is 0. The van der Waals surface area contributed by atoms with Crippen molar-refractivity contribution >= 4 is 23.2 Å². The van der Waals surface area contributed by atoms with Gasteiger partial charge in [-0.25, -0.2) is 4.79 Å². The van der Waals surface area contributed by atoms with Crippen molar-refractivity contribution in [3.63, 3.8) is 0 Å². The number of allylic oxidation sites excluding steroid dienone is 2. The van der Waals surface area contributed by atoms with Gasteiger partial charge >= 0.3 is 5.97 Å². The van der Waals surface area contributed by atoms with Crippen molar-refractivity contribution in [2.75, 3.05) is 0 Å². The molecule has 0 saturated heterocycles. The van der Waals surface area contributed by atoms with Gasteiger partial charge in [-0.15, -0.1) is 0 Å². The second-order valence-corrected chi connectivity index (χ2v) is 6.89. The van der Waals surface area contributed by atoms with Gasteiger partial charge in [0.25, 0.3) is 0 Å². The number of aryl methyl sites for hydroxylation is 2. The number of aliphatic hydroxyl groups excluding tert-OH is 1. The molecule has 0 spiro atoms. The minimum atomic E-state index is -1.12. The molecule has 1 atom stereocenters. The molecule has 0 aromatic carbocycles. The monoisotopic (exact) mass is 374 g/mol. The Balaban J connectivity index is 1.89. The second kappa shape index (κ2) is 7.85. The van der Waals surface area contributed by atoms with Gasteiger partial charge < -0.3 is 14.7 Å². The average molecular weight is 374 g/mol. The Bertz CT molecular complexity index is 848. The van der Waals surface area contributed by atoms with Crippen LogP contribution in [0.25, 0.3) is 0 Å². The first-order valence-corrected chi connectivity index (χ1v) is 9.14. The largest absolute Gasteiger partial charge is 0.511 e. The Kier molecular flexibility index (Phi) is 5.53. The van der Waals surface area contributed by atoms with Crippen LogP contribution in [0.1, 0.15) is 67.3 Å². The Hall–Kier alpha value is -2.77. The molecule has 8 nitrogen and oxygen atoms in total. The molecule has 0 aliphatic heterocycles. The zero-order chi connectivity index (χ0) is 19.6. The van der Waals surface area contributed by atoms with Crippen molar-refractivity contribution in [1.82, 2.24) is 5.16 Å². The molecule has 27 heavy (non-hydrogen) atoms. The first-order valence-electron chi connectivity index (χ1n) is 9.14. The van der Waals surface area contributed by atoms with Gasteiger partial charge in [-0.2, -0.15) is 0 Å². The van der Waals surface area contributed by atoms with Gasteiger partial charge in [0.05, 0.1) is 22.5 Å². The summed E-state index contributed by atoms with van der Waals surface area (Å²) in [6.07, 6.45) is 3.52. The maximum Gasteiger partial charge on any atom is 0.328 e. The van der Waals surface area contributed by atoms with E-state index in [2.05, 4.69) is 10.1 Å². The summed E-state index contributed by atoms with van der Waals surface area (Å²) in [4.78, 5) is 39.9. The predicted octanol–water partition coefficient (Wildman–Crippen LogP) is 2.61. The van der Waals surface area contributed by atoms with Crippen molar-refractivity contribution in [3.05, 3.63) is 28.3 Å². The molecule has 144 valence electrons. The van der Waals surface area contributed by atoms with E-state index in [4.69, 9.17) is 9.63 Å². The summed E-state index contributed by atoms with van der Waals surface area (Å²) in [6.45, 7) is 1.41. The van der Waals surface area contributed by atoms with Gasteiger partial charge in [0.1, 0.15) is 17.6 Å². The molecule has 8 heteroatoms. The number of carbonyl (C=O) groups is 3. The summed E-state index contributed by atoms with van der Waals surface area (Å²) >= 11 is 0. The van der Waals surface area contributed by atoms with E-state index in [0.717, 1.165) is 6.42 Å². The topological polar surface area (TPSA) is 130 Å². The number of hydrogen-bond donors (Lipinski definition) is 2. The number of carbonyl (C=O) groups excluding carboxylic acids is 2. The van der Waals surface area contributed by atoms with Crippen LogP contribution in [0.3, 0.4) is 0 Å². The molecule has 2 N–H and O–H groups in total. The number of aromatic nitrogens is 1. The molecule has 0 fully saturated rings. The van der Waals surface area contributed by atoms with Gasteiger partial charge in [0.2, 0.25) is 0 Å². The van der Waals surface area contributed by atoms with Crippen LogP contribution < -0.4 is 0 Å². The average Bonchev–Trinajstić information content (AvgIpc) is 3.03. The molecule has 0 radical (unpaired) electrons. The number of nitrogens with zero attached hydrogens (tertiary/aromatic N) is 2. The molecule has 0 saturated carbocycles. The number of rotatable bonds is 6. The molecule has 0 amide bonds. The molecular formula is C19H22N2O6. The molecule has 1 aromatic rings. The van der Waals surface area contributed by atoms with E-state index in [1.807, 2.05) is 0 Å². The van der Waals surface area contributed by atoms with Crippen LogP contribution in [0.5, 0.6) is 0 Å². The van der Waals surface area contributed by atoms with E-state index < -0.39 is 12.0 Å². The Morgan fingerprint density at radius 3 is 2.59 bits per heavy atom. The molecule has 2 aliphatic rings. The number of aliphatic hydroxyl groups is 1. The van der Waals surface area contributed by atoms with Crippen molar-refractivity contribution in [1.29, 1.82) is 0 Å². The van der Waals surface area contributed by atoms with E-state index in [-0.39, 0.29) is 47.9 Å². The van der Waals surface area contributed by atoms with E-state index in [1.54, 1.807) is 0 Å². The molecule has 2 aliphatic carbocycles. The number of aliphatic imine (C=N–C) groups is 1. The van der Waals surface area contributed by atoms with Crippen molar-refractivity contribution < 1.29 is 29.1 Å². The molecule has 0 bridgehead atoms. The highest BCUT2D eigenvalue weighted by atomic mass is 16.5. The highest BCUT2D eigenvalue weighted by molar-refractivity contribution is 6.23. The number of carboxylic acids is 1. The fourth-order valence-corrected chi connectivity index (χ4v) is 3.49. The number of hydrogen-bond acceptors (Lipinski definition) is 7. The molecule has 1 aromatic heterocycles.